The number of amides is 1. The first-order valence-electron chi connectivity index (χ1n) is 10.3. The molecule has 4 rings (SSSR count). The van der Waals surface area contributed by atoms with Gasteiger partial charge in [0.2, 0.25) is 5.91 Å². The molecule has 0 radical (unpaired) electrons. The summed E-state index contributed by atoms with van der Waals surface area (Å²) in [5.41, 5.74) is 2.24. The molecule has 34 heavy (non-hydrogen) atoms. The number of nitro groups is 1. The summed E-state index contributed by atoms with van der Waals surface area (Å²) < 4.78 is 7.13. The van der Waals surface area contributed by atoms with Crippen LogP contribution in [0.3, 0.4) is 0 Å². The molecule has 1 aromatic heterocycles. The number of para-hydroxylation sites is 1. The molecule has 0 unspecified atom stereocenters. The highest BCUT2D eigenvalue weighted by molar-refractivity contribution is 7.99. The Morgan fingerprint density at radius 2 is 1.76 bits per heavy atom. The van der Waals surface area contributed by atoms with Gasteiger partial charge in [-0.1, -0.05) is 60.3 Å². The van der Waals surface area contributed by atoms with Gasteiger partial charge in [-0.15, -0.1) is 10.2 Å². The van der Waals surface area contributed by atoms with Gasteiger partial charge in [0, 0.05) is 18.2 Å². The number of nitrogens with one attached hydrogen (secondary N) is 1. The van der Waals surface area contributed by atoms with Crippen LogP contribution in [-0.2, 0) is 11.2 Å². The Hall–Kier alpha value is -4.18. The lowest BCUT2D eigenvalue weighted by atomic mass is 10.1. The standard InChI is InChI=1S/C24H21N5O4S/c1-33-21-15-19(29(31)32)12-13-20(21)25-23(30)16-34-24-27-26-22(14-17-8-4-2-5-9-17)28(24)18-10-6-3-7-11-18/h2-13,15H,14,16H2,1H3,(H,25,30). The number of benzene rings is 3. The average molecular weight is 476 g/mol. The maximum atomic E-state index is 12.6. The highest BCUT2D eigenvalue weighted by Gasteiger charge is 2.18. The van der Waals surface area contributed by atoms with Crippen molar-refractivity contribution in [1.29, 1.82) is 0 Å². The summed E-state index contributed by atoms with van der Waals surface area (Å²) in [6, 6.07) is 23.7. The molecule has 0 saturated carbocycles. The minimum Gasteiger partial charge on any atom is -0.494 e. The lowest BCUT2D eigenvalue weighted by Crippen LogP contribution is -2.15. The van der Waals surface area contributed by atoms with Gasteiger partial charge in [-0.3, -0.25) is 19.5 Å². The fraction of sp³-hybridized carbons (Fsp3) is 0.125. The molecule has 0 bridgehead atoms. The Kier molecular flexibility index (Phi) is 7.19. The quantitative estimate of drug-likeness (QED) is 0.215. The van der Waals surface area contributed by atoms with E-state index in [9.17, 15) is 14.9 Å². The van der Waals surface area contributed by atoms with Crippen molar-refractivity contribution in [1.82, 2.24) is 14.8 Å². The van der Waals surface area contributed by atoms with E-state index in [0.717, 1.165) is 17.1 Å². The minimum atomic E-state index is -0.520. The zero-order valence-electron chi connectivity index (χ0n) is 18.2. The third-order valence-corrected chi connectivity index (χ3v) is 5.85. The van der Waals surface area contributed by atoms with Crippen LogP contribution in [0.15, 0.2) is 84.0 Å². The summed E-state index contributed by atoms with van der Waals surface area (Å²) in [5, 5.41) is 23.0. The molecule has 10 heteroatoms. The minimum absolute atomic E-state index is 0.0659. The van der Waals surface area contributed by atoms with Gasteiger partial charge in [0.15, 0.2) is 5.16 Å². The van der Waals surface area contributed by atoms with Crippen molar-refractivity contribution in [2.45, 2.75) is 11.6 Å². The molecular formula is C24H21N5O4S. The van der Waals surface area contributed by atoms with E-state index in [1.54, 1.807) is 0 Å². The van der Waals surface area contributed by atoms with E-state index in [1.165, 1.54) is 37.1 Å². The Bertz CT molecular complexity index is 1300. The second-order valence-corrected chi connectivity index (χ2v) is 8.15. The first kappa shape index (κ1) is 23.0. The van der Waals surface area contributed by atoms with Gasteiger partial charge in [-0.2, -0.15) is 0 Å². The van der Waals surface area contributed by atoms with Crippen LogP contribution >= 0.6 is 11.8 Å². The van der Waals surface area contributed by atoms with Crippen LogP contribution in [0.5, 0.6) is 5.75 Å². The number of nitro benzene ring substituents is 1. The van der Waals surface area contributed by atoms with Crippen molar-refractivity contribution in [3.8, 4) is 11.4 Å². The Labute approximate surface area is 199 Å². The number of nitrogens with zero attached hydrogens (tertiary/aromatic N) is 4. The molecule has 3 aromatic carbocycles. The normalized spacial score (nSPS) is 10.6. The molecule has 172 valence electrons. The molecule has 0 aliphatic carbocycles. The molecule has 0 saturated heterocycles. The fourth-order valence-electron chi connectivity index (χ4n) is 3.34. The zero-order valence-corrected chi connectivity index (χ0v) is 19.1. The van der Waals surface area contributed by atoms with Gasteiger partial charge in [0.1, 0.15) is 11.6 Å². The highest BCUT2D eigenvalue weighted by atomic mass is 32.2. The summed E-state index contributed by atoms with van der Waals surface area (Å²) in [6.45, 7) is 0. The van der Waals surface area contributed by atoms with E-state index < -0.39 is 4.92 Å². The van der Waals surface area contributed by atoms with Crippen LogP contribution in [0.2, 0.25) is 0 Å². The number of carbonyl (C=O) groups is 1. The third kappa shape index (κ3) is 5.41. The van der Waals surface area contributed by atoms with Gasteiger partial charge >= 0.3 is 0 Å². The van der Waals surface area contributed by atoms with Crippen LogP contribution in [-0.4, -0.2) is 38.5 Å². The van der Waals surface area contributed by atoms with Crippen molar-refractivity contribution in [2.75, 3.05) is 18.2 Å². The number of rotatable bonds is 9. The van der Waals surface area contributed by atoms with Gasteiger partial charge < -0.3 is 10.1 Å². The molecule has 1 heterocycles. The van der Waals surface area contributed by atoms with E-state index in [4.69, 9.17) is 4.74 Å². The number of carbonyl (C=O) groups excluding carboxylic acids is 1. The summed E-state index contributed by atoms with van der Waals surface area (Å²) in [5.74, 6) is 0.739. The number of methoxy groups -OCH3 is 1. The van der Waals surface area contributed by atoms with Crippen LogP contribution in [0, 0.1) is 10.1 Å². The van der Waals surface area contributed by atoms with Crippen LogP contribution < -0.4 is 10.1 Å². The third-order valence-electron chi connectivity index (χ3n) is 4.92. The second-order valence-electron chi connectivity index (χ2n) is 7.21. The van der Waals surface area contributed by atoms with E-state index in [1.807, 2.05) is 65.2 Å². The molecular weight excluding hydrogens is 454 g/mol. The molecule has 9 nitrogen and oxygen atoms in total. The predicted octanol–water partition coefficient (Wildman–Crippen LogP) is 4.51. The summed E-state index contributed by atoms with van der Waals surface area (Å²) in [6.07, 6.45) is 0.593. The largest absolute Gasteiger partial charge is 0.494 e. The van der Waals surface area contributed by atoms with E-state index in [-0.39, 0.29) is 23.1 Å². The molecule has 0 spiro atoms. The molecule has 0 aliphatic heterocycles. The first-order chi connectivity index (χ1) is 16.5. The Balaban J connectivity index is 1.52. The number of non-ortho nitro benzene ring substituents is 1. The zero-order chi connectivity index (χ0) is 23.9. The molecule has 1 N–H and O–H groups in total. The lowest BCUT2D eigenvalue weighted by Gasteiger charge is -2.11. The number of ether oxygens (including phenoxy) is 1. The highest BCUT2D eigenvalue weighted by Crippen LogP contribution is 2.29. The van der Waals surface area contributed by atoms with Crippen LogP contribution in [0.1, 0.15) is 11.4 Å². The number of hydrogen-bond donors (Lipinski definition) is 1. The SMILES string of the molecule is COc1cc([N+](=O)[O-])ccc1NC(=O)CSc1nnc(Cc2ccccc2)n1-c1ccccc1. The Morgan fingerprint density at radius 1 is 1.06 bits per heavy atom. The van der Waals surface area contributed by atoms with Crippen LogP contribution in [0.25, 0.3) is 5.69 Å². The number of anilines is 1. The Morgan fingerprint density at radius 3 is 2.44 bits per heavy atom. The first-order valence-corrected chi connectivity index (χ1v) is 11.3. The number of thioether (sulfide) groups is 1. The maximum absolute atomic E-state index is 12.6. The molecule has 0 fully saturated rings. The summed E-state index contributed by atoms with van der Waals surface area (Å²) >= 11 is 1.25. The van der Waals surface area contributed by atoms with Gasteiger partial charge in [-0.25, -0.2) is 0 Å². The van der Waals surface area contributed by atoms with Gasteiger partial charge in [0.25, 0.3) is 5.69 Å². The topological polar surface area (TPSA) is 112 Å². The van der Waals surface area contributed by atoms with Gasteiger partial charge in [0.05, 0.1) is 29.5 Å². The fourth-order valence-corrected chi connectivity index (χ4v) is 4.11. The van der Waals surface area contributed by atoms with Crippen molar-refractivity contribution in [3.05, 3.63) is 100 Å². The predicted molar refractivity (Wildman–Crippen MR) is 130 cm³/mol. The number of hydrogen-bond acceptors (Lipinski definition) is 7. The van der Waals surface area contributed by atoms with E-state index in [2.05, 4.69) is 15.5 Å². The van der Waals surface area contributed by atoms with Crippen LogP contribution in [0.4, 0.5) is 11.4 Å². The number of aromatic nitrogens is 3. The lowest BCUT2D eigenvalue weighted by molar-refractivity contribution is -0.384. The van der Waals surface area contributed by atoms with Crippen molar-refractivity contribution >= 4 is 29.0 Å². The molecule has 0 aliphatic rings. The summed E-state index contributed by atoms with van der Waals surface area (Å²) in [7, 11) is 1.39. The van der Waals surface area contributed by atoms with Crippen molar-refractivity contribution in [3.63, 3.8) is 0 Å². The van der Waals surface area contributed by atoms with E-state index >= 15 is 0 Å². The molecule has 1 amide bonds. The van der Waals surface area contributed by atoms with Crippen molar-refractivity contribution in [2.24, 2.45) is 0 Å². The van der Waals surface area contributed by atoms with Gasteiger partial charge in [-0.05, 0) is 23.8 Å². The molecule has 0 atom stereocenters. The average Bonchev–Trinajstić information content (AvgIpc) is 3.26. The maximum Gasteiger partial charge on any atom is 0.273 e. The van der Waals surface area contributed by atoms with Crippen molar-refractivity contribution < 1.29 is 14.5 Å². The monoisotopic (exact) mass is 475 g/mol. The second kappa shape index (κ2) is 10.6. The molecule has 4 aromatic rings. The smallest absolute Gasteiger partial charge is 0.273 e. The summed E-state index contributed by atoms with van der Waals surface area (Å²) in [4.78, 5) is 23.1. The van der Waals surface area contributed by atoms with E-state index in [0.29, 0.717) is 17.3 Å².